The maximum atomic E-state index is 9.00. The van der Waals surface area contributed by atoms with Crippen LogP contribution in [0.25, 0.3) is 0 Å². The molecule has 1 fully saturated rings. The standard InChI is InChI=1S/C15H31N.C2H4O2/c1-3-5-6-7-9-13-16-14-10-8-12-15(16)11-4-2;1-2(3)4/h15H,3-14H2,1-2H3;1H3,(H,3,4). The summed E-state index contributed by atoms with van der Waals surface area (Å²) < 4.78 is 0. The van der Waals surface area contributed by atoms with Crippen LogP contribution in [0.4, 0.5) is 0 Å². The molecule has 20 heavy (non-hydrogen) atoms. The maximum absolute atomic E-state index is 9.00. The van der Waals surface area contributed by atoms with Gasteiger partial charge in [0.1, 0.15) is 0 Å². The van der Waals surface area contributed by atoms with E-state index >= 15 is 0 Å². The number of hydrogen-bond acceptors (Lipinski definition) is 2. The third kappa shape index (κ3) is 11.3. The molecule has 0 aromatic rings. The molecule has 1 saturated heterocycles. The second-order valence-corrected chi connectivity index (χ2v) is 5.91. The van der Waals surface area contributed by atoms with Crippen LogP contribution in [0, 0.1) is 0 Å². The van der Waals surface area contributed by atoms with Crippen molar-refractivity contribution < 1.29 is 9.90 Å². The van der Waals surface area contributed by atoms with Gasteiger partial charge in [0.25, 0.3) is 5.97 Å². The van der Waals surface area contributed by atoms with Crippen LogP contribution in [-0.4, -0.2) is 35.1 Å². The van der Waals surface area contributed by atoms with Crippen molar-refractivity contribution in [1.82, 2.24) is 4.90 Å². The summed E-state index contributed by atoms with van der Waals surface area (Å²) in [7, 11) is 0. The number of unbranched alkanes of at least 4 members (excludes halogenated alkanes) is 4. The van der Waals surface area contributed by atoms with Crippen LogP contribution in [0.5, 0.6) is 0 Å². The Morgan fingerprint density at radius 2 is 1.75 bits per heavy atom. The van der Waals surface area contributed by atoms with Gasteiger partial charge in [-0.3, -0.25) is 4.79 Å². The fourth-order valence-corrected chi connectivity index (χ4v) is 2.93. The number of piperidine rings is 1. The lowest BCUT2D eigenvalue weighted by atomic mass is 9.98. The topological polar surface area (TPSA) is 40.5 Å². The minimum absolute atomic E-state index is 0.833. The molecular weight excluding hydrogens is 250 g/mol. The fraction of sp³-hybridized carbons (Fsp3) is 0.941. The largest absolute Gasteiger partial charge is 0.481 e. The van der Waals surface area contributed by atoms with Gasteiger partial charge in [-0.05, 0) is 38.8 Å². The number of aliphatic carboxylic acids is 1. The summed E-state index contributed by atoms with van der Waals surface area (Å²) in [6, 6.07) is 0.921. The number of carbonyl (C=O) groups is 1. The van der Waals surface area contributed by atoms with Crippen LogP contribution >= 0.6 is 0 Å². The Hall–Kier alpha value is -0.570. The summed E-state index contributed by atoms with van der Waals surface area (Å²) >= 11 is 0. The van der Waals surface area contributed by atoms with Crippen molar-refractivity contribution in [2.45, 2.75) is 91.0 Å². The van der Waals surface area contributed by atoms with Gasteiger partial charge in [-0.1, -0.05) is 52.4 Å². The zero-order valence-electron chi connectivity index (χ0n) is 13.9. The van der Waals surface area contributed by atoms with E-state index in [4.69, 9.17) is 9.90 Å². The number of likely N-dealkylation sites (tertiary alicyclic amines) is 1. The fourth-order valence-electron chi connectivity index (χ4n) is 2.93. The summed E-state index contributed by atoms with van der Waals surface area (Å²) in [5.41, 5.74) is 0. The number of hydrogen-bond donors (Lipinski definition) is 1. The van der Waals surface area contributed by atoms with E-state index in [-0.39, 0.29) is 0 Å². The predicted octanol–water partition coefficient (Wildman–Crippen LogP) is 4.70. The molecule has 1 unspecified atom stereocenters. The molecule has 0 aliphatic carbocycles. The van der Waals surface area contributed by atoms with E-state index in [1.165, 1.54) is 77.3 Å². The lowest BCUT2D eigenvalue weighted by Crippen LogP contribution is -2.39. The molecule has 0 aromatic carbocycles. The van der Waals surface area contributed by atoms with Crippen molar-refractivity contribution in [1.29, 1.82) is 0 Å². The molecule has 0 spiro atoms. The molecule has 0 aromatic heterocycles. The van der Waals surface area contributed by atoms with E-state index in [9.17, 15) is 0 Å². The quantitative estimate of drug-likeness (QED) is 0.657. The molecule has 1 aliphatic heterocycles. The van der Waals surface area contributed by atoms with Gasteiger partial charge in [-0.2, -0.15) is 0 Å². The lowest BCUT2D eigenvalue weighted by molar-refractivity contribution is -0.134. The molecule has 120 valence electrons. The van der Waals surface area contributed by atoms with E-state index in [0.29, 0.717) is 0 Å². The Morgan fingerprint density at radius 1 is 1.10 bits per heavy atom. The van der Waals surface area contributed by atoms with Gasteiger partial charge < -0.3 is 10.0 Å². The van der Waals surface area contributed by atoms with Gasteiger partial charge in [-0.25, -0.2) is 0 Å². The van der Waals surface area contributed by atoms with Crippen LogP contribution in [-0.2, 0) is 4.79 Å². The van der Waals surface area contributed by atoms with Gasteiger partial charge in [0, 0.05) is 13.0 Å². The summed E-state index contributed by atoms with van der Waals surface area (Å²) in [4.78, 5) is 11.8. The van der Waals surface area contributed by atoms with E-state index in [1.807, 2.05) is 0 Å². The molecule has 1 atom stereocenters. The van der Waals surface area contributed by atoms with Gasteiger partial charge in [-0.15, -0.1) is 0 Å². The third-order valence-electron chi connectivity index (χ3n) is 3.92. The maximum Gasteiger partial charge on any atom is 0.300 e. The molecule has 3 nitrogen and oxygen atoms in total. The van der Waals surface area contributed by atoms with E-state index < -0.39 is 5.97 Å². The van der Waals surface area contributed by atoms with Crippen LogP contribution in [0.2, 0.25) is 0 Å². The van der Waals surface area contributed by atoms with Crippen molar-refractivity contribution in [3.8, 4) is 0 Å². The van der Waals surface area contributed by atoms with E-state index in [2.05, 4.69) is 18.7 Å². The molecule has 0 amide bonds. The number of nitrogens with zero attached hydrogens (tertiary/aromatic N) is 1. The van der Waals surface area contributed by atoms with Crippen LogP contribution < -0.4 is 0 Å². The van der Waals surface area contributed by atoms with Crippen molar-refractivity contribution in [3.63, 3.8) is 0 Å². The van der Waals surface area contributed by atoms with E-state index in [1.54, 1.807) is 0 Å². The highest BCUT2D eigenvalue weighted by molar-refractivity contribution is 5.62. The molecule has 1 rings (SSSR count). The second kappa shape index (κ2) is 13.4. The Balaban J connectivity index is 0.000000796. The first-order chi connectivity index (χ1) is 9.61. The minimum atomic E-state index is -0.833. The average molecular weight is 285 g/mol. The van der Waals surface area contributed by atoms with Gasteiger partial charge in [0.2, 0.25) is 0 Å². The van der Waals surface area contributed by atoms with Gasteiger partial charge >= 0.3 is 0 Å². The molecule has 0 saturated carbocycles. The van der Waals surface area contributed by atoms with Crippen molar-refractivity contribution in [3.05, 3.63) is 0 Å². The zero-order valence-corrected chi connectivity index (χ0v) is 13.9. The summed E-state index contributed by atoms with van der Waals surface area (Å²) in [6.07, 6.45) is 14.3. The molecule has 0 radical (unpaired) electrons. The molecule has 1 N–H and O–H groups in total. The monoisotopic (exact) mass is 285 g/mol. The SMILES string of the molecule is CC(=O)O.CCCCCCCN1CCCCC1CCC. The number of carboxylic acids is 1. The number of rotatable bonds is 8. The first-order valence-corrected chi connectivity index (χ1v) is 8.55. The highest BCUT2D eigenvalue weighted by atomic mass is 16.4. The Morgan fingerprint density at radius 3 is 2.35 bits per heavy atom. The van der Waals surface area contributed by atoms with Crippen LogP contribution in [0.3, 0.4) is 0 Å². The Labute approximate surface area is 125 Å². The normalized spacial score (nSPS) is 19.2. The lowest BCUT2D eigenvalue weighted by Gasteiger charge is -2.35. The Bertz CT molecular complexity index is 225. The molecule has 3 heteroatoms. The van der Waals surface area contributed by atoms with Gasteiger partial charge in [0.15, 0.2) is 0 Å². The first kappa shape index (κ1) is 19.4. The van der Waals surface area contributed by atoms with Crippen molar-refractivity contribution in [2.75, 3.05) is 13.1 Å². The molecule has 1 heterocycles. The first-order valence-electron chi connectivity index (χ1n) is 8.55. The summed E-state index contributed by atoms with van der Waals surface area (Å²) in [5, 5.41) is 7.42. The predicted molar refractivity (Wildman–Crippen MR) is 86.2 cm³/mol. The molecule has 0 bridgehead atoms. The number of carboxylic acid groups (broad SMARTS) is 1. The Kier molecular flexibility index (Phi) is 13.0. The highest BCUT2D eigenvalue weighted by Crippen LogP contribution is 2.21. The van der Waals surface area contributed by atoms with Crippen molar-refractivity contribution in [2.24, 2.45) is 0 Å². The smallest absolute Gasteiger partial charge is 0.300 e. The highest BCUT2D eigenvalue weighted by Gasteiger charge is 2.20. The van der Waals surface area contributed by atoms with E-state index in [0.717, 1.165) is 13.0 Å². The summed E-state index contributed by atoms with van der Waals surface area (Å²) in [6.45, 7) is 8.45. The summed E-state index contributed by atoms with van der Waals surface area (Å²) in [5.74, 6) is -0.833. The molecule has 1 aliphatic rings. The van der Waals surface area contributed by atoms with Crippen molar-refractivity contribution >= 4 is 5.97 Å². The third-order valence-corrected chi connectivity index (χ3v) is 3.92. The second-order valence-electron chi connectivity index (χ2n) is 5.91. The van der Waals surface area contributed by atoms with Crippen LogP contribution in [0.1, 0.15) is 85.0 Å². The molecular formula is C17H35NO2. The average Bonchev–Trinajstić information content (AvgIpc) is 2.40. The minimum Gasteiger partial charge on any atom is -0.481 e. The zero-order chi connectivity index (χ0) is 15.2. The van der Waals surface area contributed by atoms with Gasteiger partial charge in [0.05, 0.1) is 0 Å². The van der Waals surface area contributed by atoms with Crippen LogP contribution in [0.15, 0.2) is 0 Å².